The van der Waals surface area contributed by atoms with E-state index in [2.05, 4.69) is 10.3 Å². The molecule has 0 unspecified atom stereocenters. The third-order valence-electron chi connectivity index (χ3n) is 5.33. The van der Waals surface area contributed by atoms with Gasteiger partial charge in [0.1, 0.15) is 6.04 Å². The van der Waals surface area contributed by atoms with E-state index in [9.17, 15) is 9.59 Å². The molecule has 148 valence electrons. The summed E-state index contributed by atoms with van der Waals surface area (Å²) in [5.41, 5.74) is 2.98. The molecule has 6 nitrogen and oxygen atoms in total. The monoisotopic (exact) mass is 388 g/mol. The van der Waals surface area contributed by atoms with Crippen LogP contribution < -0.4 is 10.9 Å². The van der Waals surface area contributed by atoms with Crippen molar-refractivity contribution in [2.24, 2.45) is 0 Å². The van der Waals surface area contributed by atoms with Gasteiger partial charge < -0.3 is 5.32 Å². The quantitative estimate of drug-likeness (QED) is 0.566. The van der Waals surface area contributed by atoms with Crippen molar-refractivity contribution < 1.29 is 4.79 Å². The Morgan fingerprint density at radius 2 is 1.79 bits per heavy atom. The van der Waals surface area contributed by atoms with Crippen LogP contribution in [-0.2, 0) is 4.79 Å². The summed E-state index contributed by atoms with van der Waals surface area (Å²) in [5.74, 6) is -0.0652. The first-order valence-electron chi connectivity index (χ1n) is 9.86. The topological polar surface area (TPSA) is 68.4 Å². The molecule has 29 heavy (non-hydrogen) atoms. The summed E-state index contributed by atoms with van der Waals surface area (Å²) in [6, 6.07) is 18.6. The van der Waals surface area contributed by atoms with Crippen LogP contribution in [-0.4, -0.2) is 20.1 Å². The molecule has 0 spiro atoms. The number of aromatic nitrogens is 3. The molecule has 1 amide bonds. The van der Waals surface area contributed by atoms with Crippen LogP contribution in [0, 0.1) is 6.92 Å². The van der Waals surface area contributed by atoms with Gasteiger partial charge in [-0.2, -0.15) is 4.98 Å². The van der Waals surface area contributed by atoms with Gasteiger partial charge >= 0.3 is 0 Å². The highest BCUT2D eigenvalue weighted by Gasteiger charge is 2.25. The van der Waals surface area contributed by atoms with Crippen molar-refractivity contribution >= 4 is 22.5 Å². The Morgan fingerprint density at radius 1 is 1.10 bits per heavy atom. The van der Waals surface area contributed by atoms with Gasteiger partial charge in [0, 0.05) is 17.1 Å². The van der Waals surface area contributed by atoms with Crippen LogP contribution in [0.4, 0.5) is 0 Å². The van der Waals surface area contributed by atoms with Crippen LogP contribution >= 0.6 is 0 Å². The van der Waals surface area contributed by atoms with Gasteiger partial charge in [0.05, 0.1) is 11.6 Å². The van der Waals surface area contributed by atoms with Gasteiger partial charge in [0.15, 0.2) is 5.65 Å². The summed E-state index contributed by atoms with van der Waals surface area (Å²) in [6.07, 6.45) is 0.604. The predicted molar refractivity (Wildman–Crippen MR) is 114 cm³/mol. The van der Waals surface area contributed by atoms with Gasteiger partial charge in [0.2, 0.25) is 5.91 Å². The number of nitrogens with zero attached hydrogens (tertiary/aromatic N) is 3. The van der Waals surface area contributed by atoms with E-state index in [1.54, 1.807) is 0 Å². The van der Waals surface area contributed by atoms with Crippen molar-refractivity contribution in [2.75, 3.05) is 0 Å². The highest BCUT2D eigenvalue weighted by molar-refractivity contribution is 5.94. The van der Waals surface area contributed by atoms with Crippen molar-refractivity contribution in [3.63, 3.8) is 0 Å². The number of carbonyl (C=O) groups is 1. The van der Waals surface area contributed by atoms with Crippen LogP contribution in [0.25, 0.3) is 16.6 Å². The molecule has 1 N–H and O–H groups in total. The largest absolute Gasteiger partial charge is 0.348 e. The first-order valence-corrected chi connectivity index (χ1v) is 9.86. The second kappa shape index (κ2) is 7.54. The lowest BCUT2D eigenvalue weighted by atomic mass is 10.1. The Morgan fingerprint density at radius 3 is 2.52 bits per heavy atom. The van der Waals surface area contributed by atoms with Gasteiger partial charge in [-0.15, -0.1) is 0 Å². The van der Waals surface area contributed by atoms with E-state index in [4.69, 9.17) is 0 Å². The standard InChI is InChI=1S/C23H24N4O2/c1-4-19(23(29)24-16(3)17-10-6-5-7-11-17)27-20-13-9-8-12-18(20)22-25-21(28)14-15(2)26(22)27/h5-14,16,19H,4H2,1-3H3,(H,24,29)/t16-,19-/m0/s1. The molecule has 2 aromatic heterocycles. The van der Waals surface area contributed by atoms with E-state index >= 15 is 0 Å². The zero-order chi connectivity index (χ0) is 20.5. The summed E-state index contributed by atoms with van der Waals surface area (Å²) in [5, 5.41) is 4.00. The van der Waals surface area contributed by atoms with Crippen LogP contribution in [0.3, 0.4) is 0 Å². The van der Waals surface area contributed by atoms with E-state index < -0.39 is 6.04 Å². The number of hydrogen-bond donors (Lipinski definition) is 1. The molecular formula is C23H24N4O2. The Hall–Kier alpha value is -3.41. The predicted octanol–water partition coefficient (Wildman–Crippen LogP) is 3.79. The highest BCUT2D eigenvalue weighted by Crippen LogP contribution is 2.27. The van der Waals surface area contributed by atoms with Crippen LogP contribution in [0.15, 0.2) is 65.5 Å². The fourth-order valence-electron chi connectivity index (χ4n) is 3.92. The Kier molecular flexibility index (Phi) is 4.92. The SMILES string of the molecule is CC[C@@H](C(=O)N[C@@H](C)c1ccccc1)n1c2ccccc2c2nc(=O)cc(C)n21. The number of hydrogen-bond acceptors (Lipinski definition) is 3. The van der Waals surface area contributed by atoms with Crippen molar-refractivity contribution in [3.8, 4) is 0 Å². The maximum Gasteiger partial charge on any atom is 0.273 e. The van der Waals surface area contributed by atoms with Gasteiger partial charge in [-0.1, -0.05) is 49.4 Å². The molecular weight excluding hydrogens is 364 g/mol. The molecule has 0 fully saturated rings. The van der Waals surface area contributed by atoms with Crippen molar-refractivity contribution in [3.05, 3.63) is 82.3 Å². The third-order valence-corrected chi connectivity index (χ3v) is 5.33. The van der Waals surface area contributed by atoms with E-state index in [1.165, 1.54) is 6.07 Å². The minimum Gasteiger partial charge on any atom is -0.348 e. The summed E-state index contributed by atoms with van der Waals surface area (Å²) < 4.78 is 3.84. The Balaban J connectivity index is 1.83. The minimum absolute atomic E-state index is 0.0652. The highest BCUT2D eigenvalue weighted by atomic mass is 16.2. The molecule has 6 heteroatoms. The van der Waals surface area contributed by atoms with Gasteiger partial charge in [-0.25, -0.2) is 4.52 Å². The molecule has 0 radical (unpaired) electrons. The zero-order valence-corrected chi connectivity index (χ0v) is 16.8. The molecule has 0 aliphatic rings. The molecule has 0 aliphatic heterocycles. The van der Waals surface area contributed by atoms with Gasteiger partial charge in [-0.05, 0) is 38.0 Å². The summed E-state index contributed by atoms with van der Waals surface area (Å²) in [6.45, 7) is 5.83. The molecule has 0 saturated carbocycles. The number of fused-ring (bicyclic) bond motifs is 3. The summed E-state index contributed by atoms with van der Waals surface area (Å²) in [7, 11) is 0. The Labute approximate surface area is 168 Å². The van der Waals surface area contributed by atoms with Crippen molar-refractivity contribution in [1.82, 2.24) is 19.5 Å². The molecule has 4 rings (SSSR count). The number of amides is 1. The molecule has 4 aromatic rings. The lowest BCUT2D eigenvalue weighted by Crippen LogP contribution is -2.35. The van der Waals surface area contributed by atoms with E-state index in [1.807, 2.05) is 84.6 Å². The first kappa shape index (κ1) is 18.9. The number of rotatable bonds is 5. The smallest absolute Gasteiger partial charge is 0.273 e. The number of nitrogens with one attached hydrogen (secondary N) is 1. The van der Waals surface area contributed by atoms with Crippen molar-refractivity contribution in [1.29, 1.82) is 0 Å². The van der Waals surface area contributed by atoms with E-state index in [-0.39, 0.29) is 17.5 Å². The first-order chi connectivity index (χ1) is 14.0. The van der Waals surface area contributed by atoms with Crippen LogP contribution in [0.5, 0.6) is 0 Å². The van der Waals surface area contributed by atoms with Crippen molar-refractivity contribution in [2.45, 2.75) is 39.3 Å². The lowest BCUT2D eigenvalue weighted by Gasteiger charge is -2.23. The number of carbonyl (C=O) groups excluding carboxylic acids is 1. The van der Waals surface area contributed by atoms with E-state index in [0.29, 0.717) is 12.1 Å². The van der Waals surface area contributed by atoms with Gasteiger partial charge in [0.25, 0.3) is 5.56 Å². The van der Waals surface area contributed by atoms with Crippen LogP contribution in [0.2, 0.25) is 0 Å². The lowest BCUT2D eigenvalue weighted by molar-refractivity contribution is -0.125. The number of benzene rings is 2. The molecule has 2 heterocycles. The average molecular weight is 388 g/mol. The summed E-state index contributed by atoms with van der Waals surface area (Å²) in [4.78, 5) is 29.5. The molecule has 0 aliphatic carbocycles. The molecule has 0 saturated heterocycles. The second-order valence-corrected chi connectivity index (χ2v) is 7.30. The minimum atomic E-state index is -0.438. The van der Waals surface area contributed by atoms with E-state index in [0.717, 1.165) is 22.2 Å². The zero-order valence-electron chi connectivity index (χ0n) is 16.8. The Bertz CT molecular complexity index is 1240. The van der Waals surface area contributed by atoms with Gasteiger partial charge in [-0.3, -0.25) is 14.3 Å². The molecule has 2 atom stereocenters. The maximum atomic E-state index is 13.3. The second-order valence-electron chi connectivity index (χ2n) is 7.30. The normalized spacial score (nSPS) is 13.5. The fourth-order valence-corrected chi connectivity index (χ4v) is 3.92. The maximum absolute atomic E-state index is 13.3. The number of aryl methyl sites for hydroxylation is 1. The molecule has 0 bridgehead atoms. The molecule has 2 aromatic carbocycles. The third kappa shape index (κ3) is 3.31. The number of para-hydroxylation sites is 1. The van der Waals surface area contributed by atoms with Crippen LogP contribution in [0.1, 0.15) is 43.6 Å². The summed E-state index contributed by atoms with van der Waals surface area (Å²) >= 11 is 0. The fraction of sp³-hybridized carbons (Fsp3) is 0.261. The average Bonchev–Trinajstić information content (AvgIpc) is 3.04.